The van der Waals surface area contributed by atoms with E-state index in [1.807, 2.05) is 0 Å². The molecule has 0 atom stereocenters. The second-order valence-electron chi connectivity index (χ2n) is 8.52. The molecule has 0 unspecified atom stereocenters. The number of hydrogen-bond donors (Lipinski definition) is 3. The fraction of sp³-hybridized carbons (Fsp3) is 0.320. The Balaban J connectivity index is 2.06. The molecule has 0 aliphatic heterocycles. The van der Waals surface area contributed by atoms with Crippen molar-refractivity contribution in [2.24, 2.45) is 0 Å². The zero-order valence-corrected chi connectivity index (χ0v) is 20.0. The van der Waals surface area contributed by atoms with Crippen LogP contribution < -0.4 is 15.4 Å². The lowest BCUT2D eigenvalue weighted by Crippen LogP contribution is -2.21. The van der Waals surface area contributed by atoms with Crippen LogP contribution in [0.25, 0.3) is 11.1 Å². The molecular weight excluding hydrogens is 461 g/mol. The molecule has 3 N–H and O–H groups in total. The summed E-state index contributed by atoms with van der Waals surface area (Å²) in [6.45, 7) is 3.42. The number of benzene rings is 2. The fourth-order valence-corrected chi connectivity index (χ4v) is 3.55. The zero-order valence-electron chi connectivity index (χ0n) is 20.0. The van der Waals surface area contributed by atoms with Gasteiger partial charge >= 0.3 is 6.61 Å². The molecular formula is C25H27F3N4O3. The van der Waals surface area contributed by atoms with Crippen LogP contribution in [0, 0.1) is 19.7 Å². The van der Waals surface area contributed by atoms with Crippen molar-refractivity contribution in [3.63, 3.8) is 0 Å². The van der Waals surface area contributed by atoms with Gasteiger partial charge in [0.1, 0.15) is 11.4 Å². The van der Waals surface area contributed by atoms with Gasteiger partial charge in [-0.3, -0.25) is 4.79 Å². The van der Waals surface area contributed by atoms with Crippen molar-refractivity contribution >= 4 is 11.6 Å². The van der Waals surface area contributed by atoms with Crippen molar-refractivity contribution in [3.05, 3.63) is 70.6 Å². The quantitative estimate of drug-likeness (QED) is 0.425. The third-order valence-corrected chi connectivity index (χ3v) is 5.32. The largest absolute Gasteiger partial charge is 0.434 e. The van der Waals surface area contributed by atoms with E-state index in [9.17, 15) is 18.7 Å². The number of carbonyl (C=O) groups excluding carboxylic acids is 1. The highest BCUT2D eigenvalue weighted by Gasteiger charge is 2.24. The molecule has 7 nitrogen and oxygen atoms in total. The van der Waals surface area contributed by atoms with Gasteiger partial charge in [0.15, 0.2) is 11.6 Å². The molecule has 0 spiro atoms. The first-order chi connectivity index (χ1) is 16.4. The molecule has 0 bridgehead atoms. The first kappa shape index (κ1) is 26.0. The van der Waals surface area contributed by atoms with Crippen molar-refractivity contribution in [2.75, 3.05) is 12.4 Å². The summed E-state index contributed by atoms with van der Waals surface area (Å²) in [5.41, 5.74) is 0.745. The molecule has 0 aliphatic carbocycles. The van der Waals surface area contributed by atoms with Crippen LogP contribution in [-0.4, -0.2) is 34.6 Å². The van der Waals surface area contributed by atoms with Crippen molar-refractivity contribution < 1.29 is 27.8 Å². The van der Waals surface area contributed by atoms with Crippen LogP contribution in [0.2, 0.25) is 0 Å². The number of nitrogens with zero attached hydrogens (tertiary/aromatic N) is 2. The number of anilines is 1. The van der Waals surface area contributed by atoms with E-state index < -0.39 is 23.9 Å². The van der Waals surface area contributed by atoms with E-state index in [1.165, 1.54) is 31.4 Å². The Bertz CT molecular complexity index is 1240. The van der Waals surface area contributed by atoms with Crippen molar-refractivity contribution in [1.82, 2.24) is 15.3 Å². The van der Waals surface area contributed by atoms with Gasteiger partial charge in [-0.05, 0) is 39.8 Å². The maximum absolute atomic E-state index is 15.8. The molecule has 3 aromatic rings. The van der Waals surface area contributed by atoms with Gasteiger partial charge in [0.05, 0.1) is 11.3 Å². The van der Waals surface area contributed by atoms with Crippen LogP contribution in [0.4, 0.5) is 18.9 Å². The first-order valence-electron chi connectivity index (χ1n) is 10.8. The first-order valence-corrected chi connectivity index (χ1v) is 10.8. The summed E-state index contributed by atoms with van der Waals surface area (Å²) in [4.78, 5) is 20.9. The third-order valence-electron chi connectivity index (χ3n) is 5.32. The minimum atomic E-state index is -3.02. The van der Waals surface area contributed by atoms with Gasteiger partial charge in [0, 0.05) is 42.2 Å². The highest BCUT2D eigenvalue weighted by molar-refractivity contribution is 6.00. The number of amides is 1. The van der Waals surface area contributed by atoms with Crippen LogP contribution in [0.5, 0.6) is 5.75 Å². The molecule has 0 aliphatic rings. The van der Waals surface area contributed by atoms with Crippen LogP contribution >= 0.6 is 0 Å². The van der Waals surface area contributed by atoms with Gasteiger partial charge in [-0.1, -0.05) is 23.8 Å². The molecule has 0 saturated heterocycles. The lowest BCUT2D eigenvalue weighted by atomic mass is 10.00. The average Bonchev–Trinajstić information content (AvgIpc) is 2.78. The van der Waals surface area contributed by atoms with E-state index in [4.69, 9.17) is 0 Å². The lowest BCUT2D eigenvalue weighted by molar-refractivity contribution is -0.0504. The van der Waals surface area contributed by atoms with Gasteiger partial charge in [-0.15, -0.1) is 0 Å². The number of carbonyl (C=O) groups is 1. The van der Waals surface area contributed by atoms with Crippen LogP contribution in [0.3, 0.4) is 0 Å². The summed E-state index contributed by atoms with van der Waals surface area (Å²) in [6.07, 6.45) is 1.41. The predicted molar refractivity (Wildman–Crippen MR) is 126 cm³/mol. The standard InChI is InChI=1S/C25H27F3N4O3/c1-13-6-9-19(35-24(27)28)15(10-13)11-30-21-17(22(33)29-5)8-7-16(20(21)26)18-12-31-23(25(3,4)34)32-14(18)2/h6-10,12,24,30,34H,11H2,1-5H3,(H,29,33). The van der Waals surface area contributed by atoms with Gasteiger partial charge in [-0.25, -0.2) is 14.4 Å². The van der Waals surface area contributed by atoms with E-state index in [2.05, 4.69) is 25.3 Å². The molecule has 1 heterocycles. The summed E-state index contributed by atoms with van der Waals surface area (Å²) in [5, 5.41) is 15.5. The summed E-state index contributed by atoms with van der Waals surface area (Å²) in [5.74, 6) is -1.14. The highest BCUT2D eigenvalue weighted by atomic mass is 19.3. The SMILES string of the molecule is CNC(=O)c1ccc(-c2cnc(C(C)(C)O)nc2C)c(F)c1NCc1cc(C)ccc1OC(F)F. The Morgan fingerprint density at radius 3 is 2.49 bits per heavy atom. The second-order valence-corrected chi connectivity index (χ2v) is 8.52. The lowest BCUT2D eigenvalue weighted by Gasteiger charge is -2.19. The van der Waals surface area contributed by atoms with Gasteiger partial charge in [0.2, 0.25) is 0 Å². The third kappa shape index (κ3) is 5.89. The second kappa shape index (κ2) is 10.3. The molecule has 0 fully saturated rings. The molecule has 35 heavy (non-hydrogen) atoms. The number of aromatic nitrogens is 2. The Hall–Kier alpha value is -3.66. The molecule has 3 rings (SSSR count). The van der Waals surface area contributed by atoms with Crippen molar-refractivity contribution in [2.45, 2.75) is 46.5 Å². The molecule has 186 valence electrons. The summed E-state index contributed by atoms with van der Waals surface area (Å²) in [7, 11) is 1.42. The smallest absolute Gasteiger partial charge is 0.387 e. The zero-order chi connectivity index (χ0) is 25.9. The fourth-order valence-electron chi connectivity index (χ4n) is 3.55. The number of aliphatic hydroxyl groups is 1. The molecule has 10 heteroatoms. The van der Waals surface area contributed by atoms with E-state index in [1.54, 1.807) is 39.8 Å². The van der Waals surface area contributed by atoms with Crippen molar-refractivity contribution in [1.29, 1.82) is 0 Å². The van der Waals surface area contributed by atoms with E-state index >= 15 is 4.39 Å². The number of rotatable bonds is 8. The van der Waals surface area contributed by atoms with Gasteiger partial charge in [0.25, 0.3) is 5.91 Å². The van der Waals surface area contributed by atoms with E-state index in [0.29, 0.717) is 16.8 Å². The normalized spacial score (nSPS) is 11.5. The highest BCUT2D eigenvalue weighted by Crippen LogP contribution is 2.33. The molecule has 1 amide bonds. The minimum absolute atomic E-state index is 0.0319. The number of nitrogens with one attached hydrogen (secondary N) is 2. The monoisotopic (exact) mass is 488 g/mol. The summed E-state index contributed by atoms with van der Waals surface area (Å²) >= 11 is 0. The van der Waals surface area contributed by atoms with E-state index in [-0.39, 0.29) is 34.9 Å². The average molecular weight is 489 g/mol. The Morgan fingerprint density at radius 2 is 1.89 bits per heavy atom. The molecule has 0 saturated carbocycles. The Labute approximate surface area is 201 Å². The van der Waals surface area contributed by atoms with E-state index in [0.717, 1.165) is 5.56 Å². The molecule has 0 radical (unpaired) electrons. The van der Waals surface area contributed by atoms with Crippen LogP contribution in [0.1, 0.15) is 46.9 Å². The van der Waals surface area contributed by atoms with Crippen molar-refractivity contribution in [3.8, 4) is 16.9 Å². The topological polar surface area (TPSA) is 96.4 Å². The molecule has 2 aromatic carbocycles. The van der Waals surface area contributed by atoms with Crippen LogP contribution in [0.15, 0.2) is 36.5 Å². The maximum atomic E-state index is 15.8. The minimum Gasteiger partial charge on any atom is -0.434 e. The summed E-state index contributed by atoms with van der Waals surface area (Å²) < 4.78 is 46.1. The Kier molecular flexibility index (Phi) is 7.64. The summed E-state index contributed by atoms with van der Waals surface area (Å²) in [6, 6.07) is 7.57. The number of alkyl halides is 2. The number of hydrogen-bond acceptors (Lipinski definition) is 6. The van der Waals surface area contributed by atoms with Gasteiger partial charge < -0.3 is 20.5 Å². The predicted octanol–water partition coefficient (Wildman–Crippen LogP) is 4.70. The van der Waals surface area contributed by atoms with Crippen LogP contribution in [-0.2, 0) is 12.1 Å². The van der Waals surface area contributed by atoms with Gasteiger partial charge in [-0.2, -0.15) is 8.78 Å². The Morgan fingerprint density at radius 1 is 1.17 bits per heavy atom. The number of aryl methyl sites for hydroxylation is 2. The maximum Gasteiger partial charge on any atom is 0.387 e. The molecule has 1 aromatic heterocycles. The number of halogens is 3. The number of ether oxygens (including phenoxy) is 1.